The molecule has 0 aliphatic rings. The summed E-state index contributed by atoms with van der Waals surface area (Å²) < 4.78 is 4.96. The van der Waals surface area contributed by atoms with Crippen molar-refractivity contribution in [3.63, 3.8) is 0 Å². The van der Waals surface area contributed by atoms with Gasteiger partial charge in [-0.15, -0.1) is 0 Å². The zero-order valence-corrected chi connectivity index (χ0v) is 11.5. The smallest absolute Gasteiger partial charge is 0.340 e. The van der Waals surface area contributed by atoms with Crippen LogP contribution in [0.1, 0.15) is 30.6 Å². The Morgan fingerprint density at radius 1 is 1.58 bits per heavy atom. The van der Waals surface area contributed by atoms with E-state index < -0.39 is 5.97 Å². The first kappa shape index (κ1) is 14.8. The summed E-state index contributed by atoms with van der Waals surface area (Å²) in [5.41, 5.74) is 7.37. The van der Waals surface area contributed by atoms with E-state index in [0.29, 0.717) is 24.3 Å². The van der Waals surface area contributed by atoms with E-state index in [1.165, 1.54) is 0 Å². The number of rotatable bonds is 5. The molecular weight excluding hydrogens is 242 g/mol. The molecule has 1 rings (SSSR count). The van der Waals surface area contributed by atoms with E-state index in [9.17, 15) is 4.79 Å². The maximum atomic E-state index is 11.8. The molecule has 2 N–H and O–H groups in total. The number of nitrogens with zero attached hydrogens (tertiary/aromatic N) is 2. The number of hydrogen-bond donors (Lipinski definition) is 1. The van der Waals surface area contributed by atoms with Crippen LogP contribution < -0.4 is 10.6 Å². The number of benzene rings is 1. The second kappa shape index (κ2) is 6.64. The highest BCUT2D eigenvalue weighted by molar-refractivity contribution is 5.96. The summed E-state index contributed by atoms with van der Waals surface area (Å²) in [4.78, 5) is 13.7. The number of hydrogen-bond acceptors (Lipinski definition) is 5. The standard InChI is InChI=1S/C14H19N3O2/c1-4-19-14(18)12-9-11(5-6-13(12)16)17(3)10(2)7-8-15/h5-6,9-10H,4,7,16H2,1-3H3. The number of esters is 1. The summed E-state index contributed by atoms with van der Waals surface area (Å²) in [5, 5.41) is 8.72. The van der Waals surface area contributed by atoms with Gasteiger partial charge in [0.1, 0.15) is 0 Å². The molecule has 0 bridgehead atoms. The van der Waals surface area contributed by atoms with Gasteiger partial charge in [0.25, 0.3) is 0 Å². The number of ether oxygens (including phenoxy) is 1. The van der Waals surface area contributed by atoms with Gasteiger partial charge >= 0.3 is 5.97 Å². The Morgan fingerprint density at radius 2 is 2.26 bits per heavy atom. The Bertz CT molecular complexity index is 494. The van der Waals surface area contributed by atoms with E-state index >= 15 is 0 Å². The van der Waals surface area contributed by atoms with E-state index in [2.05, 4.69) is 6.07 Å². The highest BCUT2D eigenvalue weighted by Gasteiger charge is 2.15. The van der Waals surface area contributed by atoms with E-state index in [1.54, 1.807) is 19.1 Å². The van der Waals surface area contributed by atoms with Gasteiger partial charge in [0.05, 0.1) is 24.7 Å². The number of nitriles is 1. The van der Waals surface area contributed by atoms with Crippen LogP contribution in [0.25, 0.3) is 0 Å². The molecule has 0 radical (unpaired) electrons. The predicted octanol–water partition coefficient (Wildman–Crippen LogP) is 2.18. The maximum Gasteiger partial charge on any atom is 0.340 e. The van der Waals surface area contributed by atoms with Crippen LogP contribution in [0, 0.1) is 11.3 Å². The van der Waals surface area contributed by atoms with E-state index in [4.69, 9.17) is 15.7 Å². The number of carbonyl (C=O) groups is 1. The van der Waals surface area contributed by atoms with Crippen molar-refractivity contribution in [2.24, 2.45) is 0 Å². The lowest BCUT2D eigenvalue weighted by atomic mass is 10.1. The van der Waals surface area contributed by atoms with Crippen LogP contribution in [-0.2, 0) is 4.74 Å². The van der Waals surface area contributed by atoms with E-state index in [-0.39, 0.29) is 6.04 Å². The molecule has 0 aromatic heterocycles. The molecule has 0 spiro atoms. The molecule has 0 saturated carbocycles. The fourth-order valence-corrected chi connectivity index (χ4v) is 1.67. The second-order valence-electron chi connectivity index (χ2n) is 4.31. The summed E-state index contributed by atoms with van der Waals surface area (Å²) in [5.74, 6) is -0.428. The first-order valence-corrected chi connectivity index (χ1v) is 6.17. The Balaban J connectivity index is 3.02. The summed E-state index contributed by atoms with van der Waals surface area (Å²) in [6.45, 7) is 4.01. The molecule has 102 valence electrons. The Hall–Kier alpha value is -2.22. The third-order valence-corrected chi connectivity index (χ3v) is 2.99. The minimum atomic E-state index is -0.428. The van der Waals surface area contributed by atoms with Crippen LogP contribution in [0.3, 0.4) is 0 Å². The molecule has 19 heavy (non-hydrogen) atoms. The zero-order chi connectivity index (χ0) is 14.4. The fraction of sp³-hybridized carbons (Fsp3) is 0.429. The van der Waals surface area contributed by atoms with Crippen LogP contribution in [0.5, 0.6) is 0 Å². The van der Waals surface area contributed by atoms with Crippen LogP contribution >= 0.6 is 0 Å². The van der Waals surface area contributed by atoms with E-state index in [0.717, 1.165) is 5.69 Å². The molecule has 0 amide bonds. The van der Waals surface area contributed by atoms with Gasteiger partial charge in [-0.05, 0) is 32.0 Å². The number of nitrogen functional groups attached to an aromatic ring is 1. The third-order valence-electron chi connectivity index (χ3n) is 2.99. The Morgan fingerprint density at radius 3 is 2.84 bits per heavy atom. The monoisotopic (exact) mass is 261 g/mol. The SMILES string of the molecule is CCOC(=O)c1cc(N(C)C(C)CC#N)ccc1N. The van der Waals surface area contributed by atoms with Crippen molar-refractivity contribution in [2.45, 2.75) is 26.3 Å². The molecule has 0 aliphatic carbocycles. The number of carbonyl (C=O) groups excluding carboxylic acids is 1. The van der Waals surface area contributed by atoms with Gasteiger partial charge in [0.2, 0.25) is 0 Å². The molecule has 0 fully saturated rings. The quantitative estimate of drug-likeness (QED) is 0.649. The lowest BCUT2D eigenvalue weighted by molar-refractivity contribution is 0.0527. The van der Waals surface area contributed by atoms with Crippen LogP contribution in [0.15, 0.2) is 18.2 Å². The van der Waals surface area contributed by atoms with Crippen molar-refractivity contribution < 1.29 is 9.53 Å². The molecule has 1 unspecified atom stereocenters. The van der Waals surface area contributed by atoms with Gasteiger partial charge in [-0.3, -0.25) is 0 Å². The third kappa shape index (κ3) is 3.62. The predicted molar refractivity (Wildman–Crippen MR) is 74.9 cm³/mol. The summed E-state index contributed by atoms with van der Waals surface area (Å²) >= 11 is 0. The van der Waals surface area contributed by atoms with Crippen molar-refractivity contribution in [2.75, 3.05) is 24.3 Å². The van der Waals surface area contributed by atoms with Gasteiger partial charge < -0.3 is 15.4 Å². The van der Waals surface area contributed by atoms with Gasteiger partial charge in [0, 0.05) is 24.5 Å². The molecule has 0 saturated heterocycles. The largest absolute Gasteiger partial charge is 0.462 e. The van der Waals surface area contributed by atoms with Crippen LogP contribution in [0.2, 0.25) is 0 Å². The van der Waals surface area contributed by atoms with Gasteiger partial charge in [-0.2, -0.15) is 5.26 Å². The lowest BCUT2D eigenvalue weighted by Gasteiger charge is -2.25. The van der Waals surface area contributed by atoms with Crippen molar-refractivity contribution in [3.8, 4) is 6.07 Å². The Kier molecular flexibility index (Phi) is 5.19. The lowest BCUT2D eigenvalue weighted by Crippen LogP contribution is -2.28. The first-order chi connectivity index (χ1) is 9.01. The van der Waals surface area contributed by atoms with Gasteiger partial charge in [-0.1, -0.05) is 0 Å². The van der Waals surface area contributed by atoms with Crippen molar-refractivity contribution in [3.05, 3.63) is 23.8 Å². The molecule has 1 atom stereocenters. The fourth-order valence-electron chi connectivity index (χ4n) is 1.67. The summed E-state index contributed by atoms with van der Waals surface area (Å²) in [6.07, 6.45) is 0.412. The van der Waals surface area contributed by atoms with Gasteiger partial charge in [-0.25, -0.2) is 4.79 Å². The molecular formula is C14H19N3O2. The van der Waals surface area contributed by atoms with Crippen molar-refractivity contribution >= 4 is 17.3 Å². The highest BCUT2D eigenvalue weighted by Crippen LogP contribution is 2.23. The molecule has 5 nitrogen and oxygen atoms in total. The van der Waals surface area contributed by atoms with Crippen molar-refractivity contribution in [1.82, 2.24) is 0 Å². The molecule has 1 aromatic rings. The zero-order valence-electron chi connectivity index (χ0n) is 11.5. The average molecular weight is 261 g/mol. The topological polar surface area (TPSA) is 79.3 Å². The molecule has 5 heteroatoms. The first-order valence-electron chi connectivity index (χ1n) is 6.17. The second-order valence-corrected chi connectivity index (χ2v) is 4.31. The van der Waals surface area contributed by atoms with Crippen LogP contribution in [0.4, 0.5) is 11.4 Å². The average Bonchev–Trinajstić information content (AvgIpc) is 2.39. The van der Waals surface area contributed by atoms with Crippen molar-refractivity contribution in [1.29, 1.82) is 5.26 Å². The normalized spacial score (nSPS) is 11.5. The Labute approximate surface area is 113 Å². The maximum absolute atomic E-state index is 11.8. The summed E-state index contributed by atoms with van der Waals surface area (Å²) in [6, 6.07) is 7.39. The minimum absolute atomic E-state index is 0.0590. The number of nitrogens with two attached hydrogens (primary N) is 1. The molecule has 0 heterocycles. The van der Waals surface area contributed by atoms with Crippen LogP contribution in [-0.4, -0.2) is 25.7 Å². The molecule has 0 aliphatic heterocycles. The van der Waals surface area contributed by atoms with Gasteiger partial charge in [0.15, 0.2) is 0 Å². The summed E-state index contributed by atoms with van der Waals surface area (Å²) in [7, 11) is 1.88. The number of anilines is 2. The minimum Gasteiger partial charge on any atom is -0.462 e. The molecule has 1 aromatic carbocycles. The highest BCUT2D eigenvalue weighted by atomic mass is 16.5. The van der Waals surface area contributed by atoms with E-state index in [1.807, 2.05) is 24.9 Å².